The summed E-state index contributed by atoms with van der Waals surface area (Å²) in [7, 11) is 0. The predicted molar refractivity (Wildman–Crippen MR) is 129 cm³/mol. The number of carbonyl (C=O) groups is 1. The fourth-order valence-corrected chi connectivity index (χ4v) is 5.25. The number of hydrogen-bond acceptors (Lipinski definition) is 2. The van der Waals surface area contributed by atoms with Gasteiger partial charge in [-0.25, -0.2) is 9.78 Å². The molecule has 2 aromatic carbocycles. The molecule has 180 valence electrons. The topological polar surface area (TPSA) is 55.1 Å². The zero-order valence-electron chi connectivity index (χ0n) is 18.6. The minimum atomic E-state index is -4.54. The van der Waals surface area contributed by atoms with Gasteiger partial charge in [-0.1, -0.05) is 61.2 Å². The molecule has 1 aliphatic carbocycles. The quantitative estimate of drug-likeness (QED) is 0.309. The first-order valence-electron chi connectivity index (χ1n) is 11.5. The number of alkyl halides is 3. The molecule has 1 N–H and O–H groups in total. The van der Waals surface area contributed by atoms with E-state index in [4.69, 9.17) is 11.6 Å². The largest absolute Gasteiger partial charge is 0.477 e. The van der Waals surface area contributed by atoms with Crippen LogP contribution in [0.25, 0.3) is 27.8 Å². The molecule has 1 saturated carbocycles. The summed E-state index contributed by atoms with van der Waals surface area (Å²) in [5, 5.41) is 10.3. The van der Waals surface area contributed by atoms with E-state index in [1.165, 1.54) is 42.2 Å². The highest BCUT2D eigenvalue weighted by atomic mass is 35.5. The van der Waals surface area contributed by atoms with Gasteiger partial charge in [0.05, 0.1) is 16.1 Å². The van der Waals surface area contributed by atoms with Crippen molar-refractivity contribution in [2.75, 3.05) is 0 Å². The Hall–Kier alpha value is -3.32. The van der Waals surface area contributed by atoms with Gasteiger partial charge in [0, 0.05) is 11.6 Å². The van der Waals surface area contributed by atoms with Crippen LogP contribution in [-0.2, 0) is 6.18 Å². The summed E-state index contributed by atoms with van der Waals surface area (Å²) >= 11 is 6.49. The normalized spacial score (nSPS) is 15.0. The highest BCUT2D eigenvalue weighted by Crippen LogP contribution is 2.38. The number of aromatic carboxylic acids is 1. The third-order valence-corrected chi connectivity index (χ3v) is 7.12. The molecule has 5 rings (SSSR count). The third kappa shape index (κ3) is 4.41. The van der Waals surface area contributed by atoms with E-state index in [0.717, 1.165) is 23.3 Å². The first-order valence-corrected chi connectivity index (χ1v) is 11.8. The SMILES string of the molecule is O=C(O)c1c(Cl)c2cc(-c3ccc(C4CCCCC4)cc3)ccc2n1-c1ccc(C(F)(F)F)cn1. The van der Waals surface area contributed by atoms with E-state index in [1.54, 1.807) is 12.1 Å². The summed E-state index contributed by atoms with van der Waals surface area (Å²) in [6.45, 7) is 0. The summed E-state index contributed by atoms with van der Waals surface area (Å²) in [5.41, 5.74) is 2.45. The second kappa shape index (κ2) is 9.04. The van der Waals surface area contributed by atoms with Gasteiger partial charge in [0.15, 0.2) is 5.69 Å². The highest BCUT2D eigenvalue weighted by molar-refractivity contribution is 6.38. The fraction of sp³-hybridized carbons (Fsp3) is 0.259. The molecule has 0 amide bonds. The number of carboxylic acids is 1. The molecule has 0 saturated heterocycles. The lowest BCUT2D eigenvalue weighted by atomic mass is 9.83. The number of rotatable bonds is 4. The molecule has 2 aromatic heterocycles. The summed E-state index contributed by atoms with van der Waals surface area (Å²) in [6, 6.07) is 15.8. The van der Waals surface area contributed by atoms with Gasteiger partial charge in [0.2, 0.25) is 0 Å². The summed E-state index contributed by atoms with van der Waals surface area (Å²) < 4.78 is 40.2. The number of halogens is 4. The zero-order valence-corrected chi connectivity index (χ0v) is 19.4. The fourth-order valence-electron chi connectivity index (χ4n) is 4.93. The Labute approximate surface area is 205 Å². The van der Waals surface area contributed by atoms with Gasteiger partial charge in [-0.3, -0.25) is 4.57 Å². The molecule has 35 heavy (non-hydrogen) atoms. The molecular formula is C27H22ClF3N2O2. The van der Waals surface area contributed by atoms with Crippen molar-refractivity contribution in [2.24, 2.45) is 0 Å². The number of benzene rings is 2. The van der Waals surface area contributed by atoms with Crippen LogP contribution in [0, 0.1) is 0 Å². The molecule has 0 atom stereocenters. The van der Waals surface area contributed by atoms with Gasteiger partial charge < -0.3 is 5.11 Å². The smallest absolute Gasteiger partial charge is 0.417 e. The monoisotopic (exact) mass is 498 g/mol. The molecule has 0 aliphatic heterocycles. The van der Waals surface area contributed by atoms with Gasteiger partial charge in [-0.2, -0.15) is 13.2 Å². The molecule has 2 heterocycles. The van der Waals surface area contributed by atoms with Crippen LogP contribution in [0.5, 0.6) is 0 Å². The lowest BCUT2D eigenvalue weighted by Crippen LogP contribution is -2.10. The predicted octanol–water partition coefficient (Wildman–Crippen LogP) is 8.11. The van der Waals surface area contributed by atoms with E-state index in [-0.39, 0.29) is 16.5 Å². The van der Waals surface area contributed by atoms with Crippen molar-refractivity contribution in [2.45, 2.75) is 44.2 Å². The molecule has 0 unspecified atom stereocenters. The first-order chi connectivity index (χ1) is 16.7. The Morgan fingerprint density at radius 3 is 2.26 bits per heavy atom. The number of aromatic nitrogens is 2. The highest BCUT2D eigenvalue weighted by Gasteiger charge is 2.31. The van der Waals surface area contributed by atoms with Gasteiger partial charge in [0.25, 0.3) is 0 Å². The van der Waals surface area contributed by atoms with Crippen molar-refractivity contribution in [1.82, 2.24) is 9.55 Å². The van der Waals surface area contributed by atoms with E-state index < -0.39 is 17.7 Å². The van der Waals surface area contributed by atoms with Crippen molar-refractivity contribution < 1.29 is 23.1 Å². The van der Waals surface area contributed by atoms with Crippen LogP contribution < -0.4 is 0 Å². The molecular weight excluding hydrogens is 477 g/mol. The lowest BCUT2D eigenvalue weighted by molar-refractivity contribution is -0.137. The van der Waals surface area contributed by atoms with Gasteiger partial charge in [0.1, 0.15) is 5.82 Å². The number of nitrogens with zero attached hydrogens (tertiary/aromatic N) is 2. The second-order valence-corrected chi connectivity index (χ2v) is 9.27. The Bertz CT molecular complexity index is 1390. The van der Waals surface area contributed by atoms with Crippen LogP contribution in [0.3, 0.4) is 0 Å². The minimum absolute atomic E-state index is 0.00914. The van der Waals surface area contributed by atoms with Crippen molar-refractivity contribution in [1.29, 1.82) is 0 Å². The average molecular weight is 499 g/mol. The van der Waals surface area contributed by atoms with Crippen LogP contribution in [0.2, 0.25) is 5.02 Å². The maximum Gasteiger partial charge on any atom is 0.417 e. The summed E-state index contributed by atoms with van der Waals surface area (Å²) in [4.78, 5) is 15.9. The molecule has 4 aromatic rings. The van der Waals surface area contributed by atoms with Crippen molar-refractivity contribution >= 4 is 28.5 Å². The van der Waals surface area contributed by atoms with Crippen LogP contribution in [0.1, 0.15) is 59.6 Å². The average Bonchev–Trinajstić information content (AvgIpc) is 3.16. The van der Waals surface area contributed by atoms with Crippen molar-refractivity contribution in [3.8, 4) is 16.9 Å². The summed E-state index contributed by atoms with van der Waals surface area (Å²) in [5.74, 6) is -0.665. The molecule has 4 nitrogen and oxygen atoms in total. The van der Waals surface area contributed by atoms with Gasteiger partial charge in [-0.05, 0) is 59.7 Å². The van der Waals surface area contributed by atoms with Crippen LogP contribution in [0.4, 0.5) is 13.2 Å². The molecule has 1 aliphatic rings. The van der Waals surface area contributed by atoms with Crippen molar-refractivity contribution in [3.63, 3.8) is 0 Å². The molecule has 0 bridgehead atoms. The van der Waals surface area contributed by atoms with Crippen LogP contribution in [-0.4, -0.2) is 20.6 Å². The van der Waals surface area contributed by atoms with E-state index in [9.17, 15) is 23.1 Å². The van der Waals surface area contributed by atoms with E-state index in [1.807, 2.05) is 6.07 Å². The van der Waals surface area contributed by atoms with E-state index in [2.05, 4.69) is 29.2 Å². The molecule has 0 spiro atoms. The molecule has 0 radical (unpaired) electrons. The zero-order chi connectivity index (χ0) is 24.7. The van der Waals surface area contributed by atoms with Crippen LogP contribution in [0.15, 0.2) is 60.8 Å². The van der Waals surface area contributed by atoms with Gasteiger partial charge >= 0.3 is 12.1 Å². The first kappa shape index (κ1) is 23.4. The Kier molecular flexibility index (Phi) is 6.05. The number of hydrogen-bond donors (Lipinski definition) is 1. The number of pyridine rings is 1. The van der Waals surface area contributed by atoms with E-state index in [0.29, 0.717) is 23.0 Å². The maximum absolute atomic E-state index is 13.0. The number of carboxylic acid groups (broad SMARTS) is 1. The Balaban J connectivity index is 1.56. The molecule has 1 fully saturated rings. The third-order valence-electron chi connectivity index (χ3n) is 6.73. The Morgan fingerprint density at radius 2 is 1.66 bits per heavy atom. The van der Waals surface area contributed by atoms with E-state index >= 15 is 0 Å². The standard InChI is InChI=1S/C27H22ClF3N2O2/c28-24-21-14-19(18-8-6-17(7-9-18)16-4-2-1-3-5-16)10-12-22(21)33(25(24)26(34)35)23-13-11-20(15-32-23)27(29,30)31/h6-16H,1-5H2,(H,34,35). The van der Waals surface area contributed by atoms with Crippen LogP contribution >= 0.6 is 11.6 Å². The Morgan fingerprint density at radius 1 is 0.971 bits per heavy atom. The second-order valence-electron chi connectivity index (χ2n) is 8.89. The maximum atomic E-state index is 13.0. The number of fused-ring (bicyclic) bond motifs is 1. The lowest BCUT2D eigenvalue weighted by Gasteiger charge is -2.22. The van der Waals surface area contributed by atoms with Gasteiger partial charge in [-0.15, -0.1) is 0 Å². The minimum Gasteiger partial charge on any atom is -0.477 e. The van der Waals surface area contributed by atoms with Crippen molar-refractivity contribution in [3.05, 3.63) is 82.6 Å². The summed E-state index contributed by atoms with van der Waals surface area (Å²) in [6.07, 6.45) is 2.39. The molecule has 8 heteroatoms.